The van der Waals surface area contributed by atoms with Crippen molar-refractivity contribution in [1.29, 1.82) is 0 Å². The summed E-state index contributed by atoms with van der Waals surface area (Å²) >= 11 is 0. The van der Waals surface area contributed by atoms with Crippen LogP contribution in [0.2, 0.25) is 0 Å². The van der Waals surface area contributed by atoms with Crippen molar-refractivity contribution in [3.63, 3.8) is 0 Å². The van der Waals surface area contributed by atoms with Crippen molar-refractivity contribution in [1.82, 2.24) is 25.1 Å². The number of nitrogens with zero attached hydrogens (tertiary/aromatic N) is 4. The second-order valence-electron chi connectivity index (χ2n) is 7.34. The quantitative estimate of drug-likeness (QED) is 0.646. The zero-order chi connectivity index (χ0) is 25.3. The molecule has 3 rings (SSSR count). The molecule has 9 nitrogen and oxygen atoms in total. The van der Waals surface area contributed by atoms with Crippen LogP contribution in [0.15, 0.2) is 42.7 Å². The van der Waals surface area contributed by atoms with Gasteiger partial charge in [0.15, 0.2) is 5.82 Å². The third kappa shape index (κ3) is 10.1. The number of hydrogen-bond donors (Lipinski definition) is 1. The molecule has 1 aromatic heterocycles. The molecule has 0 aliphatic carbocycles. The number of hydrogen-bond acceptors (Lipinski definition) is 7. The van der Waals surface area contributed by atoms with Crippen LogP contribution >= 0.6 is 0 Å². The molecular formula is C25H37N5O4. The van der Waals surface area contributed by atoms with Crippen molar-refractivity contribution in [2.45, 2.75) is 33.6 Å². The fraction of sp³-hybridized carbons (Fsp3) is 0.480. The van der Waals surface area contributed by atoms with Gasteiger partial charge < -0.3 is 19.9 Å². The van der Waals surface area contributed by atoms with Gasteiger partial charge in [-0.1, -0.05) is 32.9 Å². The molecular weight excluding hydrogens is 434 g/mol. The Morgan fingerprint density at radius 2 is 1.59 bits per heavy atom. The molecule has 0 spiro atoms. The first kappa shape index (κ1) is 28.7. The number of nitrogens with one attached hydrogen (secondary N) is 1. The Hall–Kier alpha value is -3.33. The van der Waals surface area contributed by atoms with Gasteiger partial charge in [-0.2, -0.15) is 0 Å². The maximum absolute atomic E-state index is 12.2. The summed E-state index contributed by atoms with van der Waals surface area (Å²) in [6.45, 7) is 9.10. The highest BCUT2D eigenvalue weighted by Gasteiger charge is 2.19. The minimum absolute atomic E-state index is 0.0199. The number of ether oxygens (including phenoxy) is 1. The fourth-order valence-electron chi connectivity index (χ4n) is 2.95. The lowest BCUT2D eigenvalue weighted by Crippen LogP contribution is -2.50. The Morgan fingerprint density at radius 1 is 1.00 bits per heavy atom. The summed E-state index contributed by atoms with van der Waals surface area (Å²) in [4.78, 5) is 46.9. The van der Waals surface area contributed by atoms with E-state index in [0.29, 0.717) is 30.9 Å². The monoisotopic (exact) mass is 471 g/mol. The fourth-order valence-corrected chi connectivity index (χ4v) is 2.95. The summed E-state index contributed by atoms with van der Waals surface area (Å²) in [7, 11) is 3.44. The number of amides is 2. The van der Waals surface area contributed by atoms with Gasteiger partial charge in [0.05, 0.1) is 13.7 Å². The van der Waals surface area contributed by atoms with Crippen molar-refractivity contribution < 1.29 is 19.1 Å². The average Bonchev–Trinajstić information content (AvgIpc) is 2.89. The van der Waals surface area contributed by atoms with Crippen molar-refractivity contribution >= 4 is 17.8 Å². The summed E-state index contributed by atoms with van der Waals surface area (Å²) in [5, 5.41) is 2.69. The van der Waals surface area contributed by atoms with Crippen LogP contribution in [0.4, 0.5) is 0 Å². The average molecular weight is 472 g/mol. The molecule has 1 aliphatic heterocycles. The molecule has 2 heterocycles. The summed E-state index contributed by atoms with van der Waals surface area (Å²) in [5.74, 6) is 0.181. The van der Waals surface area contributed by atoms with Crippen LogP contribution in [0.1, 0.15) is 44.0 Å². The Bertz CT molecular complexity index is 867. The number of esters is 1. The van der Waals surface area contributed by atoms with Crippen LogP contribution in [0.5, 0.6) is 0 Å². The Morgan fingerprint density at radius 3 is 2.09 bits per heavy atom. The van der Waals surface area contributed by atoms with Gasteiger partial charge in [-0.25, -0.2) is 9.97 Å². The number of benzene rings is 1. The lowest BCUT2D eigenvalue weighted by molar-refractivity contribution is -0.140. The number of carbonyl (C=O) groups excluding carboxylic acids is 3. The van der Waals surface area contributed by atoms with Gasteiger partial charge in [0.2, 0.25) is 5.91 Å². The van der Waals surface area contributed by atoms with Crippen LogP contribution in [0, 0.1) is 0 Å². The summed E-state index contributed by atoms with van der Waals surface area (Å²) in [6, 6.07) is 8.77. The normalized spacial score (nSPS) is 12.9. The first-order valence-corrected chi connectivity index (χ1v) is 11.6. The molecule has 1 N–H and O–H groups in total. The third-order valence-electron chi connectivity index (χ3n) is 4.91. The van der Waals surface area contributed by atoms with Crippen LogP contribution in [-0.4, -0.2) is 84.4 Å². The largest absolute Gasteiger partial charge is 0.469 e. The van der Waals surface area contributed by atoms with Crippen LogP contribution in [0.3, 0.4) is 0 Å². The van der Waals surface area contributed by atoms with Crippen molar-refractivity contribution in [2.24, 2.45) is 0 Å². The molecule has 0 unspecified atom stereocenters. The first-order chi connectivity index (χ1) is 16.4. The highest BCUT2D eigenvalue weighted by atomic mass is 16.5. The second-order valence-corrected chi connectivity index (χ2v) is 7.34. The van der Waals surface area contributed by atoms with Crippen LogP contribution in [0.25, 0.3) is 11.4 Å². The van der Waals surface area contributed by atoms with E-state index in [4.69, 9.17) is 0 Å². The highest BCUT2D eigenvalue weighted by molar-refractivity contribution is 5.96. The molecule has 2 amide bonds. The van der Waals surface area contributed by atoms with E-state index in [0.717, 1.165) is 25.1 Å². The molecule has 34 heavy (non-hydrogen) atoms. The smallest absolute Gasteiger partial charge is 0.305 e. The molecule has 9 heteroatoms. The molecule has 0 bridgehead atoms. The SMILES string of the molecule is CC.CCCC(=O)OC.CN1CCN(C(=O)CNC(=O)c2ccc(-c3ncccn3)cc2)CC1. The van der Waals surface area contributed by atoms with Crippen molar-refractivity contribution in [2.75, 3.05) is 46.9 Å². The number of piperazine rings is 1. The van der Waals surface area contributed by atoms with E-state index in [1.807, 2.05) is 27.8 Å². The molecule has 1 fully saturated rings. The zero-order valence-electron chi connectivity index (χ0n) is 20.9. The van der Waals surface area contributed by atoms with E-state index in [2.05, 4.69) is 24.9 Å². The predicted octanol–water partition coefficient (Wildman–Crippen LogP) is 2.63. The second kappa shape index (κ2) is 16.3. The summed E-state index contributed by atoms with van der Waals surface area (Å²) < 4.78 is 4.35. The maximum Gasteiger partial charge on any atom is 0.305 e. The molecule has 1 aliphatic rings. The van der Waals surface area contributed by atoms with E-state index < -0.39 is 0 Å². The van der Waals surface area contributed by atoms with Gasteiger partial charge in [0.1, 0.15) is 0 Å². The number of likely N-dealkylation sites (N-methyl/N-ethyl adjacent to an activating group) is 1. The van der Waals surface area contributed by atoms with E-state index in [1.165, 1.54) is 7.11 Å². The molecule has 0 radical (unpaired) electrons. The van der Waals surface area contributed by atoms with E-state index >= 15 is 0 Å². The zero-order valence-corrected chi connectivity index (χ0v) is 20.9. The number of aromatic nitrogens is 2. The topological polar surface area (TPSA) is 105 Å². The van der Waals surface area contributed by atoms with Gasteiger partial charge in [0, 0.05) is 56.1 Å². The number of methoxy groups -OCH3 is 1. The highest BCUT2D eigenvalue weighted by Crippen LogP contribution is 2.14. The van der Waals surface area contributed by atoms with E-state index in [1.54, 1.807) is 47.6 Å². The molecule has 0 atom stereocenters. The molecule has 186 valence electrons. The van der Waals surface area contributed by atoms with Crippen LogP contribution in [-0.2, 0) is 14.3 Å². The first-order valence-electron chi connectivity index (χ1n) is 11.6. The predicted molar refractivity (Wildman–Crippen MR) is 132 cm³/mol. The molecule has 0 saturated carbocycles. The number of carbonyl (C=O) groups is 3. The minimum Gasteiger partial charge on any atom is -0.469 e. The minimum atomic E-state index is -0.261. The van der Waals surface area contributed by atoms with Crippen molar-refractivity contribution in [3.05, 3.63) is 48.3 Å². The van der Waals surface area contributed by atoms with Gasteiger partial charge in [0.25, 0.3) is 5.91 Å². The number of rotatable bonds is 6. The van der Waals surface area contributed by atoms with Gasteiger partial charge in [-0.15, -0.1) is 0 Å². The Kier molecular flexibility index (Phi) is 13.8. The van der Waals surface area contributed by atoms with Gasteiger partial charge in [-0.05, 0) is 31.7 Å². The van der Waals surface area contributed by atoms with E-state index in [9.17, 15) is 14.4 Å². The maximum atomic E-state index is 12.2. The van der Waals surface area contributed by atoms with E-state index in [-0.39, 0.29) is 24.3 Å². The lowest BCUT2D eigenvalue weighted by Gasteiger charge is -2.32. The third-order valence-corrected chi connectivity index (χ3v) is 4.91. The van der Waals surface area contributed by atoms with Crippen LogP contribution < -0.4 is 5.32 Å². The van der Waals surface area contributed by atoms with Gasteiger partial charge in [-0.3, -0.25) is 14.4 Å². The van der Waals surface area contributed by atoms with Crippen molar-refractivity contribution in [3.8, 4) is 11.4 Å². The summed E-state index contributed by atoms with van der Waals surface area (Å²) in [5.41, 5.74) is 1.34. The molecule has 2 aromatic rings. The lowest BCUT2D eigenvalue weighted by atomic mass is 10.1. The summed E-state index contributed by atoms with van der Waals surface area (Å²) in [6.07, 6.45) is 4.75. The molecule has 1 aromatic carbocycles. The standard InChI is InChI=1S/C18H21N5O2.C5H10O2.C2H6/c1-22-9-11-23(12-10-22)16(24)13-21-18(25)15-5-3-14(4-6-15)17-19-7-2-8-20-17;1-3-4-5(6)7-2;1-2/h2-8H,9-13H2,1H3,(H,21,25);3-4H2,1-2H3;1-2H3. The molecule has 1 saturated heterocycles. The Labute approximate surface area is 202 Å². The Balaban J connectivity index is 0.000000553. The van der Waals surface area contributed by atoms with Gasteiger partial charge >= 0.3 is 5.97 Å².